The van der Waals surface area contributed by atoms with E-state index in [1.807, 2.05) is 11.0 Å². The highest BCUT2D eigenvalue weighted by molar-refractivity contribution is 5.93. The van der Waals surface area contributed by atoms with Crippen molar-refractivity contribution in [2.75, 3.05) is 25.5 Å². The summed E-state index contributed by atoms with van der Waals surface area (Å²) >= 11 is 0. The van der Waals surface area contributed by atoms with Crippen molar-refractivity contribution >= 4 is 23.4 Å². The van der Waals surface area contributed by atoms with E-state index in [2.05, 4.69) is 22.2 Å². The van der Waals surface area contributed by atoms with Crippen LogP contribution in [0.25, 0.3) is 0 Å². The number of rotatable bonds is 4. The third-order valence-electron chi connectivity index (χ3n) is 4.39. The molecule has 0 radical (unpaired) electrons. The van der Waals surface area contributed by atoms with Crippen LogP contribution in [-0.2, 0) is 4.74 Å². The number of nitrogens with zero attached hydrogens (tertiary/aromatic N) is 3. The number of methoxy groups -OCH3 is 1. The van der Waals surface area contributed by atoms with E-state index in [1.165, 1.54) is 13.4 Å². The van der Waals surface area contributed by atoms with Crippen molar-refractivity contribution in [1.82, 2.24) is 14.9 Å². The maximum absolute atomic E-state index is 12.7. The number of carbonyl (C=O) groups is 2. The zero-order valence-electron chi connectivity index (χ0n) is 14.9. The fourth-order valence-electron chi connectivity index (χ4n) is 3.07. The van der Waals surface area contributed by atoms with Gasteiger partial charge < -0.3 is 15.0 Å². The van der Waals surface area contributed by atoms with Gasteiger partial charge in [0.15, 0.2) is 0 Å². The minimum Gasteiger partial charge on any atom is -0.465 e. The molecule has 1 saturated heterocycles. The Morgan fingerprint density at radius 3 is 2.88 bits per heavy atom. The molecule has 1 unspecified atom stereocenters. The molecule has 26 heavy (non-hydrogen) atoms. The molecule has 1 N–H and O–H groups in total. The number of amides is 1. The Kier molecular flexibility index (Phi) is 5.46. The highest BCUT2D eigenvalue weighted by atomic mass is 16.5. The largest absolute Gasteiger partial charge is 0.465 e. The van der Waals surface area contributed by atoms with E-state index in [0.29, 0.717) is 28.7 Å². The average Bonchev–Trinajstić information content (AvgIpc) is 2.67. The summed E-state index contributed by atoms with van der Waals surface area (Å²) in [5.74, 6) is 0.514. The molecular weight excluding hydrogens is 332 g/mol. The van der Waals surface area contributed by atoms with Crippen molar-refractivity contribution in [2.24, 2.45) is 5.92 Å². The molecule has 0 saturated carbocycles. The molecular formula is C19H22N4O3. The molecule has 0 spiro atoms. The first-order chi connectivity index (χ1) is 12.6. The number of hydrogen-bond acceptors (Lipinski definition) is 6. The average molecular weight is 354 g/mol. The highest BCUT2D eigenvalue weighted by Crippen LogP contribution is 2.20. The quantitative estimate of drug-likeness (QED) is 0.850. The van der Waals surface area contributed by atoms with Crippen molar-refractivity contribution in [1.29, 1.82) is 0 Å². The van der Waals surface area contributed by atoms with E-state index in [0.717, 1.165) is 25.9 Å². The van der Waals surface area contributed by atoms with Crippen LogP contribution >= 0.6 is 0 Å². The fraction of sp³-hybridized carbons (Fsp3) is 0.368. The minimum atomic E-state index is -0.411. The van der Waals surface area contributed by atoms with E-state index in [9.17, 15) is 9.59 Å². The number of hydrogen-bond donors (Lipinski definition) is 1. The molecule has 3 rings (SSSR count). The standard InChI is InChI=1S/C19H22N4O3/c1-13-5-4-8-23(11-13)18(24)16-10-17(21-12-20-16)22-15-7-3-6-14(9-15)19(25)26-2/h3,6-7,9-10,12-13H,4-5,8,11H2,1-2H3,(H,20,21,22). The third-order valence-corrected chi connectivity index (χ3v) is 4.39. The Morgan fingerprint density at radius 2 is 2.12 bits per heavy atom. The first-order valence-corrected chi connectivity index (χ1v) is 8.63. The Bertz CT molecular complexity index is 809. The SMILES string of the molecule is COC(=O)c1cccc(Nc2cc(C(=O)N3CCCC(C)C3)ncn2)c1. The number of esters is 1. The molecule has 1 atom stereocenters. The lowest BCUT2D eigenvalue weighted by Gasteiger charge is -2.30. The Balaban J connectivity index is 1.75. The van der Waals surface area contributed by atoms with Crippen LogP contribution < -0.4 is 5.32 Å². The summed E-state index contributed by atoms with van der Waals surface area (Å²) in [5.41, 5.74) is 1.47. The van der Waals surface area contributed by atoms with Crippen molar-refractivity contribution in [3.63, 3.8) is 0 Å². The molecule has 0 bridgehead atoms. The number of ether oxygens (including phenoxy) is 1. The Hall–Kier alpha value is -2.96. The molecule has 1 fully saturated rings. The van der Waals surface area contributed by atoms with E-state index >= 15 is 0 Å². The van der Waals surface area contributed by atoms with Crippen molar-refractivity contribution in [3.05, 3.63) is 47.9 Å². The molecule has 1 amide bonds. The first-order valence-electron chi connectivity index (χ1n) is 8.63. The number of likely N-dealkylation sites (tertiary alicyclic amines) is 1. The lowest BCUT2D eigenvalue weighted by atomic mass is 10.00. The van der Waals surface area contributed by atoms with Crippen LogP contribution in [0.3, 0.4) is 0 Å². The summed E-state index contributed by atoms with van der Waals surface area (Å²) in [4.78, 5) is 34.4. The summed E-state index contributed by atoms with van der Waals surface area (Å²) in [6.07, 6.45) is 3.54. The Labute approximate surface area is 152 Å². The maximum Gasteiger partial charge on any atom is 0.337 e. The third kappa shape index (κ3) is 4.17. The molecule has 0 aliphatic carbocycles. The van der Waals surface area contributed by atoms with Gasteiger partial charge in [-0.05, 0) is 37.0 Å². The van der Waals surface area contributed by atoms with Gasteiger partial charge in [0.05, 0.1) is 12.7 Å². The summed E-state index contributed by atoms with van der Waals surface area (Å²) in [6, 6.07) is 8.52. The monoisotopic (exact) mass is 354 g/mol. The van der Waals surface area contributed by atoms with Crippen LogP contribution in [0.5, 0.6) is 0 Å². The van der Waals surface area contributed by atoms with Gasteiger partial charge in [0, 0.05) is 24.8 Å². The number of piperidine rings is 1. The van der Waals surface area contributed by atoms with Gasteiger partial charge >= 0.3 is 5.97 Å². The van der Waals surface area contributed by atoms with Gasteiger partial charge in [-0.1, -0.05) is 13.0 Å². The van der Waals surface area contributed by atoms with Crippen LogP contribution in [0.2, 0.25) is 0 Å². The Morgan fingerprint density at radius 1 is 1.27 bits per heavy atom. The fourth-order valence-corrected chi connectivity index (χ4v) is 3.07. The first kappa shape index (κ1) is 17.8. The predicted molar refractivity (Wildman–Crippen MR) is 97.4 cm³/mol. The molecule has 7 heteroatoms. The molecule has 1 aromatic carbocycles. The molecule has 136 valence electrons. The smallest absolute Gasteiger partial charge is 0.337 e. The van der Waals surface area contributed by atoms with Crippen LogP contribution in [0.15, 0.2) is 36.7 Å². The summed E-state index contributed by atoms with van der Waals surface area (Å²) in [7, 11) is 1.34. The van der Waals surface area contributed by atoms with Crippen LogP contribution in [0.1, 0.15) is 40.6 Å². The number of nitrogens with one attached hydrogen (secondary N) is 1. The molecule has 2 heterocycles. The van der Waals surface area contributed by atoms with Gasteiger partial charge in [-0.25, -0.2) is 14.8 Å². The topological polar surface area (TPSA) is 84.4 Å². The second-order valence-corrected chi connectivity index (χ2v) is 6.48. The second kappa shape index (κ2) is 7.95. The number of anilines is 2. The predicted octanol–water partition coefficient (Wildman–Crippen LogP) is 2.88. The van der Waals surface area contributed by atoms with E-state index < -0.39 is 5.97 Å². The van der Waals surface area contributed by atoms with Crippen LogP contribution in [0.4, 0.5) is 11.5 Å². The zero-order valence-corrected chi connectivity index (χ0v) is 14.9. The van der Waals surface area contributed by atoms with Crippen molar-refractivity contribution < 1.29 is 14.3 Å². The lowest BCUT2D eigenvalue weighted by molar-refractivity contribution is 0.0600. The molecule has 1 aliphatic heterocycles. The minimum absolute atomic E-state index is 0.0784. The van der Waals surface area contributed by atoms with Crippen LogP contribution in [-0.4, -0.2) is 46.9 Å². The summed E-state index contributed by atoms with van der Waals surface area (Å²) in [5, 5.41) is 3.10. The van der Waals surface area contributed by atoms with E-state index in [1.54, 1.807) is 24.3 Å². The van der Waals surface area contributed by atoms with Gasteiger partial charge in [-0.15, -0.1) is 0 Å². The van der Waals surface area contributed by atoms with Crippen molar-refractivity contribution in [2.45, 2.75) is 19.8 Å². The summed E-state index contributed by atoms with van der Waals surface area (Å²) in [6.45, 7) is 3.67. The molecule has 7 nitrogen and oxygen atoms in total. The molecule has 2 aromatic rings. The van der Waals surface area contributed by atoms with E-state index in [4.69, 9.17) is 4.74 Å². The highest BCUT2D eigenvalue weighted by Gasteiger charge is 2.23. The van der Waals surface area contributed by atoms with E-state index in [-0.39, 0.29) is 5.91 Å². The number of aromatic nitrogens is 2. The maximum atomic E-state index is 12.7. The van der Waals surface area contributed by atoms with Gasteiger partial charge in [0.2, 0.25) is 0 Å². The number of carbonyl (C=O) groups excluding carboxylic acids is 2. The summed E-state index contributed by atoms with van der Waals surface area (Å²) < 4.78 is 4.73. The normalized spacial score (nSPS) is 16.8. The van der Waals surface area contributed by atoms with Crippen molar-refractivity contribution in [3.8, 4) is 0 Å². The van der Waals surface area contributed by atoms with Gasteiger partial charge in [-0.2, -0.15) is 0 Å². The van der Waals surface area contributed by atoms with Gasteiger partial charge in [0.1, 0.15) is 17.8 Å². The number of benzene rings is 1. The van der Waals surface area contributed by atoms with Gasteiger partial charge in [0.25, 0.3) is 5.91 Å². The van der Waals surface area contributed by atoms with Crippen LogP contribution in [0, 0.1) is 5.92 Å². The zero-order chi connectivity index (χ0) is 18.5. The molecule has 1 aliphatic rings. The lowest BCUT2D eigenvalue weighted by Crippen LogP contribution is -2.39. The molecule has 1 aromatic heterocycles. The van der Waals surface area contributed by atoms with Gasteiger partial charge in [-0.3, -0.25) is 4.79 Å². The second-order valence-electron chi connectivity index (χ2n) is 6.48.